The maximum absolute atomic E-state index is 12.2. The first kappa shape index (κ1) is 19.9. The first-order valence-corrected chi connectivity index (χ1v) is 7.25. The fraction of sp³-hybridized carbons (Fsp3) is 0.333. The van der Waals surface area contributed by atoms with E-state index in [2.05, 4.69) is 35.1 Å². The van der Waals surface area contributed by atoms with Crippen molar-refractivity contribution in [2.45, 2.75) is 13.8 Å². The van der Waals surface area contributed by atoms with Gasteiger partial charge in [-0.05, 0) is 13.8 Å². The molecular formula is C12H16ClN7O5. The third kappa shape index (κ3) is 6.10. The van der Waals surface area contributed by atoms with Crippen molar-refractivity contribution in [3.8, 4) is 0 Å². The Kier molecular flexibility index (Phi) is 7.34. The number of carbonyl (C=O) groups excluding carboxylic acids is 3. The predicted molar refractivity (Wildman–Crippen MR) is 87.9 cm³/mol. The number of nitrogen functional groups attached to an aromatic ring is 2. The van der Waals surface area contributed by atoms with Gasteiger partial charge in [-0.1, -0.05) is 11.6 Å². The summed E-state index contributed by atoms with van der Waals surface area (Å²) in [5.74, 6) is -2.11. The molecule has 1 rings (SSSR count). The van der Waals surface area contributed by atoms with Crippen molar-refractivity contribution < 1.29 is 23.9 Å². The molecule has 12 nitrogen and oxygen atoms in total. The van der Waals surface area contributed by atoms with Gasteiger partial charge in [-0.2, -0.15) is 4.99 Å². The number of aromatic nitrogens is 2. The van der Waals surface area contributed by atoms with Crippen LogP contribution in [0.4, 0.5) is 21.2 Å². The van der Waals surface area contributed by atoms with Gasteiger partial charge in [0.05, 0.1) is 13.2 Å². The van der Waals surface area contributed by atoms with Crippen molar-refractivity contribution in [1.29, 1.82) is 0 Å². The highest BCUT2D eigenvalue weighted by atomic mass is 35.5. The molecular weight excluding hydrogens is 358 g/mol. The average molecular weight is 374 g/mol. The van der Waals surface area contributed by atoms with E-state index in [9.17, 15) is 14.4 Å². The zero-order valence-electron chi connectivity index (χ0n) is 13.3. The molecule has 0 radical (unpaired) electrons. The van der Waals surface area contributed by atoms with Gasteiger partial charge in [0.2, 0.25) is 5.96 Å². The van der Waals surface area contributed by atoms with Crippen LogP contribution in [0, 0.1) is 0 Å². The standard InChI is InChI=1S/C12H16ClN7O5/c1-3-24-11(22)19-10(20-12(23)25-4-2)18-9(21)5-7(14)17-8(15)6(13)16-5/h3-4H2,1-2H3,(H4,14,15,17)(H2,18,19,20,21,22,23). The summed E-state index contributed by atoms with van der Waals surface area (Å²) in [6.07, 6.45) is -1.92. The summed E-state index contributed by atoms with van der Waals surface area (Å²) in [7, 11) is 0. The van der Waals surface area contributed by atoms with E-state index in [0.29, 0.717) is 0 Å². The van der Waals surface area contributed by atoms with E-state index in [1.54, 1.807) is 13.8 Å². The Morgan fingerprint density at radius 1 is 1.04 bits per heavy atom. The Labute approximate surface area is 146 Å². The van der Waals surface area contributed by atoms with Gasteiger partial charge >= 0.3 is 18.1 Å². The number of halogens is 1. The van der Waals surface area contributed by atoms with E-state index in [1.165, 1.54) is 0 Å². The molecule has 0 aliphatic carbocycles. The van der Waals surface area contributed by atoms with Gasteiger partial charge in [0.15, 0.2) is 22.5 Å². The van der Waals surface area contributed by atoms with Crippen LogP contribution >= 0.6 is 11.6 Å². The van der Waals surface area contributed by atoms with Crippen molar-refractivity contribution >= 4 is 47.3 Å². The lowest BCUT2D eigenvalue weighted by atomic mass is 10.4. The quantitative estimate of drug-likeness (QED) is 0.426. The van der Waals surface area contributed by atoms with Crippen molar-refractivity contribution in [3.05, 3.63) is 10.8 Å². The van der Waals surface area contributed by atoms with Crippen molar-refractivity contribution in [1.82, 2.24) is 20.6 Å². The lowest BCUT2D eigenvalue weighted by Crippen LogP contribution is -2.44. The van der Waals surface area contributed by atoms with Crippen molar-refractivity contribution in [2.75, 3.05) is 24.7 Å². The van der Waals surface area contributed by atoms with Gasteiger partial charge in [-0.3, -0.25) is 15.4 Å². The van der Waals surface area contributed by atoms with Gasteiger partial charge in [-0.15, -0.1) is 0 Å². The molecule has 0 unspecified atom stereocenters. The third-order valence-corrected chi connectivity index (χ3v) is 2.59. The fourth-order valence-corrected chi connectivity index (χ4v) is 1.50. The molecule has 0 spiro atoms. The second-order valence-electron chi connectivity index (χ2n) is 4.09. The summed E-state index contributed by atoms with van der Waals surface area (Å²) < 4.78 is 9.27. The summed E-state index contributed by atoms with van der Waals surface area (Å²) in [5.41, 5.74) is 10.5. The Balaban J connectivity index is 3.10. The molecule has 3 amide bonds. The molecule has 0 fully saturated rings. The van der Waals surface area contributed by atoms with Gasteiger partial charge in [0.25, 0.3) is 0 Å². The molecule has 0 saturated heterocycles. The van der Waals surface area contributed by atoms with Crippen LogP contribution in [-0.4, -0.2) is 47.2 Å². The van der Waals surface area contributed by atoms with Gasteiger partial charge in [0.1, 0.15) is 0 Å². The van der Waals surface area contributed by atoms with E-state index < -0.39 is 29.7 Å². The van der Waals surface area contributed by atoms with Crippen LogP contribution in [0.2, 0.25) is 5.15 Å². The number of carbonyl (C=O) groups is 3. The van der Waals surface area contributed by atoms with Crippen LogP contribution in [-0.2, 0) is 9.47 Å². The van der Waals surface area contributed by atoms with E-state index in [4.69, 9.17) is 23.1 Å². The molecule has 0 aromatic carbocycles. The number of aliphatic imine (C=N–C) groups is 1. The van der Waals surface area contributed by atoms with Crippen molar-refractivity contribution in [3.63, 3.8) is 0 Å². The van der Waals surface area contributed by atoms with E-state index in [-0.39, 0.29) is 30.0 Å². The molecule has 0 saturated carbocycles. The topological polar surface area (TPSA) is 184 Å². The molecule has 0 atom stereocenters. The third-order valence-electron chi connectivity index (χ3n) is 2.31. The number of amides is 3. The number of hydrogen-bond acceptors (Lipinski definition) is 9. The van der Waals surface area contributed by atoms with Crippen LogP contribution < -0.4 is 22.1 Å². The number of ether oxygens (including phenoxy) is 2. The Morgan fingerprint density at radius 3 is 2.04 bits per heavy atom. The Bertz CT molecular complexity index is 687. The number of rotatable bonds is 3. The zero-order chi connectivity index (χ0) is 19.0. The van der Waals surface area contributed by atoms with Crippen LogP contribution in [0.1, 0.15) is 24.3 Å². The van der Waals surface area contributed by atoms with Crippen LogP contribution in [0.15, 0.2) is 4.99 Å². The smallest absolute Gasteiger partial charge is 0.413 e. The highest BCUT2D eigenvalue weighted by Gasteiger charge is 2.19. The number of hydrogen-bond donors (Lipinski definition) is 4. The zero-order valence-corrected chi connectivity index (χ0v) is 14.1. The molecule has 136 valence electrons. The largest absolute Gasteiger partial charge is 0.450 e. The molecule has 1 aromatic heterocycles. The van der Waals surface area contributed by atoms with Gasteiger partial charge in [-0.25, -0.2) is 19.6 Å². The van der Waals surface area contributed by atoms with Crippen LogP contribution in [0.25, 0.3) is 0 Å². The number of nitrogens with one attached hydrogen (secondary N) is 2. The summed E-state index contributed by atoms with van der Waals surface area (Å²) in [5, 5.41) is 3.87. The molecule has 13 heteroatoms. The average Bonchev–Trinajstić information content (AvgIpc) is 2.51. The summed E-state index contributed by atoms with van der Waals surface area (Å²) in [6.45, 7) is 3.23. The summed E-state index contributed by atoms with van der Waals surface area (Å²) in [6, 6.07) is 0. The number of nitrogens with two attached hydrogens (primary N) is 2. The lowest BCUT2D eigenvalue weighted by molar-refractivity contribution is 0.0998. The lowest BCUT2D eigenvalue weighted by Gasteiger charge is -2.10. The minimum absolute atomic E-state index is 0.0540. The Hall–Kier alpha value is -3.15. The molecule has 1 heterocycles. The number of nitrogens with zero attached hydrogens (tertiary/aromatic N) is 3. The second kappa shape index (κ2) is 9.22. The van der Waals surface area contributed by atoms with Gasteiger partial charge in [0, 0.05) is 0 Å². The molecule has 0 aliphatic rings. The summed E-state index contributed by atoms with van der Waals surface area (Å²) in [4.78, 5) is 45.9. The predicted octanol–water partition coefficient (Wildman–Crippen LogP) is 0.283. The Morgan fingerprint density at radius 2 is 1.56 bits per heavy atom. The normalized spacial score (nSPS) is 9.72. The minimum Gasteiger partial charge on any atom is -0.450 e. The molecule has 0 bridgehead atoms. The minimum atomic E-state index is -1.05. The fourth-order valence-electron chi connectivity index (χ4n) is 1.37. The molecule has 0 aliphatic heterocycles. The number of anilines is 2. The summed E-state index contributed by atoms with van der Waals surface area (Å²) >= 11 is 5.68. The van der Waals surface area contributed by atoms with Gasteiger partial charge < -0.3 is 20.9 Å². The molecule has 6 N–H and O–H groups in total. The van der Waals surface area contributed by atoms with E-state index in [0.717, 1.165) is 0 Å². The van der Waals surface area contributed by atoms with Crippen molar-refractivity contribution in [2.24, 2.45) is 4.99 Å². The first-order chi connectivity index (χ1) is 11.8. The van der Waals surface area contributed by atoms with Crippen LogP contribution in [0.5, 0.6) is 0 Å². The second-order valence-corrected chi connectivity index (χ2v) is 4.45. The van der Waals surface area contributed by atoms with E-state index in [1.807, 2.05) is 0 Å². The maximum atomic E-state index is 12.2. The van der Waals surface area contributed by atoms with Crippen LogP contribution in [0.3, 0.4) is 0 Å². The molecule has 1 aromatic rings. The van der Waals surface area contributed by atoms with E-state index >= 15 is 0 Å². The molecule has 25 heavy (non-hydrogen) atoms. The monoisotopic (exact) mass is 373 g/mol. The highest BCUT2D eigenvalue weighted by molar-refractivity contribution is 6.31. The number of guanidine groups is 1. The maximum Gasteiger partial charge on any atom is 0.413 e. The SMILES string of the molecule is CCOC(=O)NC(=NC(=O)c1nc(Cl)c(N)nc1N)NC(=O)OCC. The first-order valence-electron chi connectivity index (χ1n) is 6.87. The number of alkyl carbamates (subject to hydrolysis) is 2. The highest BCUT2D eigenvalue weighted by Crippen LogP contribution is 2.17.